The van der Waals surface area contributed by atoms with Crippen LogP contribution in [0.3, 0.4) is 0 Å². The number of hydrogen-bond acceptors (Lipinski definition) is 2. The molecule has 2 rings (SSSR count). The van der Waals surface area contributed by atoms with Gasteiger partial charge in [-0.25, -0.2) is 4.39 Å². The minimum atomic E-state index is -0.259. The highest BCUT2D eigenvalue weighted by Gasteiger charge is 2.14. The van der Waals surface area contributed by atoms with E-state index in [2.05, 4.69) is 21.2 Å². The molecule has 112 valence electrons. The standard InChI is InChI=1S/C17H19BrFNO/c1-4-20-12(3)14-10-13(19)6-8-16(14)21-17-7-5-11(2)9-15(17)18/h5-10,12,20H,4H2,1-3H3. The number of nitrogens with one attached hydrogen (secondary N) is 1. The Labute approximate surface area is 133 Å². The number of rotatable bonds is 5. The highest BCUT2D eigenvalue weighted by atomic mass is 79.9. The van der Waals surface area contributed by atoms with E-state index >= 15 is 0 Å². The Morgan fingerprint density at radius 1 is 1.19 bits per heavy atom. The molecule has 0 radical (unpaired) electrons. The van der Waals surface area contributed by atoms with E-state index in [4.69, 9.17) is 4.74 Å². The van der Waals surface area contributed by atoms with Gasteiger partial charge < -0.3 is 10.1 Å². The number of halogens is 2. The van der Waals surface area contributed by atoms with Crippen molar-refractivity contribution in [1.29, 1.82) is 0 Å². The van der Waals surface area contributed by atoms with Crippen molar-refractivity contribution in [2.45, 2.75) is 26.8 Å². The summed E-state index contributed by atoms with van der Waals surface area (Å²) in [7, 11) is 0. The first-order valence-electron chi connectivity index (χ1n) is 6.98. The van der Waals surface area contributed by atoms with Crippen LogP contribution >= 0.6 is 15.9 Å². The van der Waals surface area contributed by atoms with E-state index in [1.54, 1.807) is 6.07 Å². The summed E-state index contributed by atoms with van der Waals surface area (Å²) in [6.07, 6.45) is 0. The van der Waals surface area contributed by atoms with E-state index in [0.29, 0.717) is 5.75 Å². The molecule has 0 saturated carbocycles. The zero-order chi connectivity index (χ0) is 15.4. The Kier molecular flexibility index (Phi) is 5.37. The Bertz CT molecular complexity index is 630. The van der Waals surface area contributed by atoms with Crippen LogP contribution in [0.2, 0.25) is 0 Å². The predicted octanol–water partition coefficient (Wildman–Crippen LogP) is 5.36. The van der Waals surface area contributed by atoms with Crippen LogP contribution in [0, 0.1) is 12.7 Å². The second-order valence-corrected chi connectivity index (χ2v) is 5.85. The zero-order valence-corrected chi connectivity index (χ0v) is 14.0. The molecule has 0 spiro atoms. The molecule has 1 atom stereocenters. The molecule has 1 unspecified atom stereocenters. The van der Waals surface area contributed by atoms with Crippen LogP contribution < -0.4 is 10.1 Å². The molecule has 0 amide bonds. The zero-order valence-electron chi connectivity index (χ0n) is 12.4. The van der Waals surface area contributed by atoms with Crippen LogP contribution in [0.5, 0.6) is 11.5 Å². The Balaban J connectivity index is 2.34. The molecule has 2 nitrogen and oxygen atoms in total. The van der Waals surface area contributed by atoms with Crippen LogP contribution in [0.1, 0.15) is 31.0 Å². The van der Waals surface area contributed by atoms with Crippen molar-refractivity contribution in [2.24, 2.45) is 0 Å². The lowest BCUT2D eigenvalue weighted by atomic mass is 10.1. The fourth-order valence-corrected chi connectivity index (χ4v) is 2.75. The van der Waals surface area contributed by atoms with E-state index in [1.165, 1.54) is 12.1 Å². The van der Waals surface area contributed by atoms with Gasteiger partial charge in [-0.05, 0) is 72.2 Å². The summed E-state index contributed by atoms with van der Waals surface area (Å²) in [5, 5.41) is 3.28. The molecule has 1 N–H and O–H groups in total. The van der Waals surface area contributed by atoms with E-state index in [9.17, 15) is 4.39 Å². The van der Waals surface area contributed by atoms with Gasteiger partial charge in [0.05, 0.1) is 4.47 Å². The summed E-state index contributed by atoms with van der Waals surface area (Å²) in [5.41, 5.74) is 1.96. The van der Waals surface area contributed by atoms with E-state index < -0.39 is 0 Å². The Morgan fingerprint density at radius 3 is 2.57 bits per heavy atom. The third-order valence-electron chi connectivity index (χ3n) is 3.26. The van der Waals surface area contributed by atoms with Crippen molar-refractivity contribution in [3.05, 3.63) is 57.8 Å². The van der Waals surface area contributed by atoms with E-state index in [0.717, 1.165) is 27.9 Å². The minimum Gasteiger partial charge on any atom is -0.456 e. The lowest BCUT2D eigenvalue weighted by Gasteiger charge is -2.18. The van der Waals surface area contributed by atoms with Gasteiger partial charge in [0.25, 0.3) is 0 Å². The third kappa shape index (κ3) is 4.05. The quantitative estimate of drug-likeness (QED) is 0.782. The normalized spacial score (nSPS) is 12.2. The lowest BCUT2D eigenvalue weighted by Crippen LogP contribution is -2.18. The van der Waals surface area contributed by atoms with Crippen molar-refractivity contribution < 1.29 is 9.13 Å². The van der Waals surface area contributed by atoms with Gasteiger partial charge in [-0.1, -0.05) is 13.0 Å². The van der Waals surface area contributed by atoms with Gasteiger partial charge >= 0.3 is 0 Å². The largest absolute Gasteiger partial charge is 0.456 e. The molecule has 0 saturated heterocycles. The summed E-state index contributed by atoms with van der Waals surface area (Å²) in [6, 6.07) is 10.5. The maximum atomic E-state index is 13.5. The van der Waals surface area contributed by atoms with Gasteiger partial charge in [0.2, 0.25) is 0 Å². The van der Waals surface area contributed by atoms with Crippen molar-refractivity contribution in [3.8, 4) is 11.5 Å². The van der Waals surface area contributed by atoms with Crippen molar-refractivity contribution in [1.82, 2.24) is 5.32 Å². The summed E-state index contributed by atoms with van der Waals surface area (Å²) < 4.78 is 20.4. The fourth-order valence-electron chi connectivity index (χ4n) is 2.17. The van der Waals surface area contributed by atoms with Gasteiger partial charge in [-0.3, -0.25) is 0 Å². The topological polar surface area (TPSA) is 21.3 Å². The first kappa shape index (κ1) is 16.0. The Morgan fingerprint density at radius 2 is 1.90 bits per heavy atom. The second kappa shape index (κ2) is 7.05. The highest BCUT2D eigenvalue weighted by molar-refractivity contribution is 9.10. The molecule has 0 fully saturated rings. The Hall–Kier alpha value is -1.39. The SMILES string of the molecule is CCNC(C)c1cc(F)ccc1Oc1ccc(C)cc1Br. The summed E-state index contributed by atoms with van der Waals surface area (Å²) >= 11 is 3.50. The second-order valence-electron chi connectivity index (χ2n) is 5.00. The molecule has 21 heavy (non-hydrogen) atoms. The fraction of sp³-hybridized carbons (Fsp3) is 0.294. The monoisotopic (exact) mass is 351 g/mol. The summed E-state index contributed by atoms with van der Waals surface area (Å²) in [4.78, 5) is 0. The molecule has 2 aromatic rings. The van der Waals surface area contributed by atoms with E-state index in [1.807, 2.05) is 39.0 Å². The average Bonchev–Trinajstić information content (AvgIpc) is 2.43. The molecule has 0 aliphatic carbocycles. The molecule has 0 aromatic heterocycles. The van der Waals surface area contributed by atoms with Gasteiger partial charge in [-0.15, -0.1) is 0 Å². The van der Waals surface area contributed by atoms with Crippen molar-refractivity contribution >= 4 is 15.9 Å². The van der Waals surface area contributed by atoms with Gasteiger partial charge in [0.15, 0.2) is 0 Å². The van der Waals surface area contributed by atoms with Crippen LogP contribution in [-0.4, -0.2) is 6.54 Å². The van der Waals surface area contributed by atoms with Crippen molar-refractivity contribution in [2.75, 3.05) is 6.54 Å². The third-order valence-corrected chi connectivity index (χ3v) is 3.88. The molecule has 0 heterocycles. The number of benzene rings is 2. The van der Waals surface area contributed by atoms with Crippen LogP contribution in [-0.2, 0) is 0 Å². The number of ether oxygens (including phenoxy) is 1. The van der Waals surface area contributed by atoms with Crippen LogP contribution in [0.4, 0.5) is 4.39 Å². The smallest absolute Gasteiger partial charge is 0.141 e. The van der Waals surface area contributed by atoms with Gasteiger partial charge in [0, 0.05) is 11.6 Å². The maximum Gasteiger partial charge on any atom is 0.141 e. The van der Waals surface area contributed by atoms with Gasteiger partial charge in [-0.2, -0.15) is 0 Å². The molecule has 2 aromatic carbocycles. The maximum absolute atomic E-state index is 13.5. The number of hydrogen-bond donors (Lipinski definition) is 1. The first-order chi connectivity index (χ1) is 10.0. The first-order valence-corrected chi connectivity index (χ1v) is 7.77. The number of aryl methyl sites for hydroxylation is 1. The molecule has 0 aliphatic heterocycles. The molecular weight excluding hydrogens is 333 g/mol. The molecule has 0 aliphatic rings. The highest BCUT2D eigenvalue weighted by Crippen LogP contribution is 2.34. The predicted molar refractivity (Wildman–Crippen MR) is 87.4 cm³/mol. The molecule has 0 bridgehead atoms. The summed E-state index contributed by atoms with van der Waals surface area (Å²) in [5.74, 6) is 1.12. The molecular formula is C17H19BrFNO. The van der Waals surface area contributed by atoms with Gasteiger partial charge in [0.1, 0.15) is 17.3 Å². The van der Waals surface area contributed by atoms with Crippen molar-refractivity contribution in [3.63, 3.8) is 0 Å². The average molecular weight is 352 g/mol. The van der Waals surface area contributed by atoms with Crippen LogP contribution in [0.25, 0.3) is 0 Å². The minimum absolute atomic E-state index is 0.0184. The van der Waals surface area contributed by atoms with Crippen LogP contribution in [0.15, 0.2) is 40.9 Å². The molecule has 4 heteroatoms. The summed E-state index contributed by atoms with van der Waals surface area (Å²) in [6.45, 7) is 6.85. The van der Waals surface area contributed by atoms with E-state index in [-0.39, 0.29) is 11.9 Å². The lowest BCUT2D eigenvalue weighted by molar-refractivity contribution is 0.457.